The zero-order valence-corrected chi connectivity index (χ0v) is 10.8. The lowest BCUT2D eigenvalue weighted by Crippen LogP contribution is -2.41. The lowest BCUT2D eigenvalue weighted by molar-refractivity contribution is 0.385. The highest BCUT2D eigenvalue weighted by atomic mass is 35.5. The molecular weight excluding hydrogens is 240 g/mol. The average molecular weight is 255 g/mol. The molecule has 0 unspecified atom stereocenters. The maximum Gasteiger partial charge on any atom is 0.171 e. The van der Waals surface area contributed by atoms with Gasteiger partial charge >= 0.3 is 0 Å². The van der Waals surface area contributed by atoms with Gasteiger partial charge in [-0.05, 0) is 56.1 Å². The normalized spacial score (nSPS) is 15.4. The SMILES string of the molecule is Cc1c(Cl)cccc1NC(=S)NC1CCC1. The molecular formula is C12H15ClN2S. The third kappa shape index (κ3) is 2.66. The first-order valence-corrected chi connectivity index (χ1v) is 6.28. The fraction of sp³-hybridized carbons (Fsp3) is 0.417. The molecule has 0 atom stereocenters. The molecule has 0 heterocycles. The second kappa shape index (κ2) is 5.02. The van der Waals surface area contributed by atoms with Gasteiger partial charge in [0.05, 0.1) is 0 Å². The van der Waals surface area contributed by atoms with Crippen LogP contribution in [0.1, 0.15) is 24.8 Å². The first-order valence-electron chi connectivity index (χ1n) is 5.49. The zero-order valence-electron chi connectivity index (χ0n) is 9.22. The number of benzene rings is 1. The molecule has 1 aromatic rings. The molecule has 4 heteroatoms. The molecule has 0 radical (unpaired) electrons. The molecule has 1 fully saturated rings. The molecule has 1 saturated carbocycles. The fourth-order valence-electron chi connectivity index (χ4n) is 1.64. The minimum Gasteiger partial charge on any atom is -0.360 e. The summed E-state index contributed by atoms with van der Waals surface area (Å²) in [5.74, 6) is 0. The lowest BCUT2D eigenvalue weighted by Gasteiger charge is -2.28. The lowest BCUT2D eigenvalue weighted by atomic mass is 9.93. The Hall–Kier alpha value is -0.800. The van der Waals surface area contributed by atoms with Crippen LogP contribution in [-0.2, 0) is 0 Å². The van der Waals surface area contributed by atoms with Crippen LogP contribution in [0.4, 0.5) is 5.69 Å². The van der Waals surface area contributed by atoms with Gasteiger partial charge in [0, 0.05) is 16.8 Å². The second-order valence-electron chi connectivity index (χ2n) is 4.14. The van der Waals surface area contributed by atoms with E-state index in [0.717, 1.165) is 16.3 Å². The van der Waals surface area contributed by atoms with Crippen molar-refractivity contribution in [2.24, 2.45) is 0 Å². The maximum atomic E-state index is 6.04. The minimum atomic E-state index is 0.555. The molecule has 0 bridgehead atoms. The highest BCUT2D eigenvalue weighted by molar-refractivity contribution is 7.80. The van der Waals surface area contributed by atoms with Crippen molar-refractivity contribution in [1.29, 1.82) is 0 Å². The largest absolute Gasteiger partial charge is 0.360 e. The average Bonchev–Trinajstić information content (AvgIpc) is 2.19. The van der Waals surface area contributed by atoms with Gasteiger partial charge in [0.1, 0.15) is 0 Å². The Bertz CT molecular complexity index is 402. The monoisotopic (exact) mass is 254 g/mol. The topological polar surface area (TPSA) is 24.1 Å². The van der Waals surface area contributed by atoms with E-state index in [1.165, 1.54) is 19.3 Å². The van der Waals surface area contributed by atoms with Gasteiger partial charge in [-0.25, -0.2) is 0 Å². The number of nitrogens with one attached hydrogen (secondary N) is 2. The maximum absolute atomic E-state index is 6.04. The van der Waals surface area contributed by atoms with E-state index in [0.29, 0.717) is 11.2 Å². The van der Waals surface area contributed by atoms with Crippen LogP contribution in [0, 0.1) is 6.92 Å². The molecule has 0 aliphatic heterocycles. The molecule has 2 rings (SSSR count). The number of halogens is 1. The van der Waals surface area contributed by atoms with Crippen LogP contribution in [-0.4, -0.2) is 11.2 Å². The Morgan fingerprint density at radius 3 is 2.81 bits per heavy atom. The van der Waals surface area contributed by atoms with Crippen LogP contribution in [0.5, 0.6) is 0 Å². The molecule has 0 saturated heterocycles. The summed E-state index contributed by atoms with van der Waals surface area (Å²) in [4.78, 5) is 0. The van der Waals surface area contributed by atoms with Crippen LogP contribution in [0.25, 0.3) is 0 Å². The van der Waals surface area contributed by atoms with Crippen molar-refractivity contribution in [2.45, 2.75) is 32.2 Å². The molecule has 1 aliphatic carbocycles. The van der Waals surface area contributed by atoms with Crippen molar-refractivity contribution in [1.82, 2.24) is 5.32 Å². The zero-order chi connectivity index (χ0) is 11.5. The number of hydrogen-bond acceptors (Lipinski definition) is 1. The molecule has 2 nitrogen and oxygen atoms in total. The van der Waals surface area contributed by atoms with Gasteiger partial charge in [0.25, 0.3) is 0 Å². The molecule has 0 spiro atoms. The van der Waals surface area contributed by atoms with Crippen LogP contribution in [0.3, 0.4) is 0 Å². The number of hydrogen-bond donors (Lipinski definition) is 2. The van der Waals surface area contributed by atoms with E-state index < -0.39 is 0 Å². The Morgan fingerprint density at radius 2 is 2.19 bits per heavy atom. The minimum absolute atomic E-state index is 0.555. The van der Waals surface area contributed by atoms with Gasteiger partial charge < -0.3 is 10.6 Å². The summed E-state index contributed by atoms with van der Waals surface area (Å²) in [5.41, 5.74) is 2.01. The van der Waals surface area contributed by atoms with E-state index in [-0.39, 0.29) is 0 Å². The van der Waals surface area contributed by atoms with E-state index in [1.807, 2.05) is 25.1 Å². The Balaban J connectivity index is 1.97. The van der Waals surface area contributed by atoms with E-state index in [9.17, 15) is 0 Å². The summed E-state index contributed by atoms with van der Waals surface area (Å²) in [7, 11) is 0. The predicted octanol–water partition coefficient (Wildman–Crippen LogP) is 3.49. The number of thiocarbonyl (C=S) groups is 1. The third-order valence-corrected chi connectivity index (χ3v) is 3.59. The molecule has 0 amide bonds. The molecule has 86 valence electrons. The fourth-order valence-corrected chi connectivity index (χ4v) is 2.09. The van der Waals surface area contributed by atoms with Crippen molar-refractivity contribution < 1.29 is 0 Å². The summed E-state index contributed by atoms with van der Waals surface area (Å²) in [6, 6.07) is 6.34. The highest BCUT2D eigenvalue weighted by Gasteiger charge is 2.17. The van der Waals surface area contributed by atoms with Crippen LogP contribution < -0.4 is 10.6 Å². The first kappa shape index (κ1) is 11.7. The van der Waals surface area contributed by atoms with E-state index in [1.54, 1.807) is 0 Å². The first-order chi connectivity index (χ1) is 7.66. The summed E-state index contributed by atoms with van der Waals surface area (Å²) >= 11 is 11.3. The van der Waals surface area contributed by atoms with Crippen LogP contribution in [0.15, 0.2) is 18.2 Å². The van der Waals surface area contributed by atoms with E-state index >= 15 is 0 Å². The third-order valence-electron chi connectivity index (χ3n) is 2.96. The van der Waals surface area contributed by atoms with Gasteiger partial charge in [-0.3, -0.25) is 0 Å². The standard InChI is InChI=1S/C12H15ClN2S/c1-8-10(13)6-3-7-11(8)15-12(16)14-9-4-2-5-9/h3,6-7,9H,2,4-5H2,1H3,(H2,14,15,16). The van der Waals surface area contributed by atoms with E-state index in [4.69, 9.17) is 23.8 Å². The predicted molar refractivity (Wildman–Crippen MR) is 73.2 cm³/mol. The van der Waals surface area contributed by atoms with Crippen molar-refractivity contribution in [3.05, 3.63) is 28.8 Å². The summed E-state index contributed by atoms with van der Waals surface area (Å²) in [5, 5.41) is 7.93. The molecule has 2 N–H and O–H groups in total. The second-order valence-corrected chi connectivity index (χ2v) is 4.95. The van der Waals surface area contributed by atoms with Crippen molar-refractivity contribution in [2.75, 3.05) is 5.32 Å². The molecule has 1 aliphatic rings. The Morgan fingerprint density at radius 1 is 1.44 bits per heavy atom. The Labute approximate surface area is 106 Å². The van der Waals surface area contributed by atoms with Gasteiger partial charge in [-0.2, -0.15) is 0 Å². The Kier molecular flexibility index (Phi) is 3.66. The van der Waals surface area contributed by atoms with Crippen molar-refractivity contribution >= 4 is 34.6 Å². The van der Waals surface area contributed by atoms with Crippen LogP contribution in [0.2, 0.25) is 5.02 Å². The van der Waals surface area contributed by atoms with Gasteiger partial charge in [-0.1, -0.05) is 17.7 Å². The molecule has 1 aromatic carbocycles. The quantitative estimate of drug-likeness (QED) is 0.790. The van der Waals surface area contributed by atoms with Crippen LogP contribution >= 0.6 is 23.8 Å². The van der Waals surface area contributed by atoms with Gasteiger partial charge in [0.2, 0.25) is 0 Å². The summed E-state index contributed by atoms with van der Waals surface area (Å²) < 4.78 is 0. The summed E-state index contributed by atoms with van der Waals surface area (Å²) in [6.45, 7) is 1.98. The summed E-state index contributed by atoms with van der Waals surface area (Å²) in [6.07, 6.45) is 3.74. The number of anilines is 1. The molecule has 0 aromatic heterocycles. The molecule has 16 heavy (non-hydrogen) atoms. The van der Waals surface area contributed by atoms with E-state index in [2.05, 4.69) is 10.6 Å². The van der Waals surface area contributed by atoms with Crippen molar-refractivity contribution in [3.63, 3.8) is 0 Å². The van der Waals surface area contributed by atoms with Gasteiger partial charge in [0.15, 0.2) is 5.11 Å². The smallest absolute Gasteiger partial charge is 0.171 e. The number of rotatable bonds is 2. The highest BCUT2D eigenvalue weighted by Crippen LogP contribution is 2.23. The van der Waals surface area contributed by atoms with Crippen molar-refractivity contribution in [3.8, 4) is 0 Å². The van der Waals surface area contributed by atoms with Gasteiger partial charge in [-0.15, -0.1) is 0 Å².